The van der Waals surface area contributed by atoms with Gasteiger partial charge in [-0.3, -0.25) is 0 Å². The minimum absolute atomic E-state index is 0.0443. The molecule has 4 N–H and O–H groups in total. The molecule has 3 atom stereocenters. The van der Waals surface area contributed by atoms with E-state index in [0.717, 1.165) is 19.4 Å². The van der Waals surface area contributed by atoms with Crippen LogP contribution in [0.15, 0.2) is 0 Å². The third-order valence-corrected chi connectivity index (χ3v) is 2.09. The zero-order chi connectivity index (χ0) is 8.27. The molecule has 3 unspecified atom stereocenters. The Hall–Kier alpha value is -0.160. The van der Waals surface area contributed by atoms with E-state index < -0.39 is 12.2 Å². The summed E-state index contributed by atoms with van der Waals surface area (Å²) in [6.45, 7) is 0.513. The maximum Gasteiger partial charge on any atom is 0.104 e. The third kappa shape index (κ3) is 2.13. The van der Waals surface area contributed by atoms with Crippen LogP contribution in [0.5, 0.6) is 0 Å². The molecule has 1 fully saturated rings. The molecule has 4 heteroatoms. The van der Waals surface area contributed by atoms with E-state index in [1.54, 1.807) is 0 Å². The van der Waals surface area contributed by atoms with E-state index in [4.69, 9.17) is 10.2 Å². The lowest BCUT2D eigenvalue weighted by Crippen LogP contribution is -2.44. The molecular weight excluding hydrogens is 146 g/mol. The Labute approximate surface area is 65.9 Å². The first-order valence-corrected chi connectivity index (χ1v) is 3.96. The first-order valence-electron chi connectivity index (χ1n) is 3.96. The molecule has 0 amide bonds. The van der Waals surface area contributed by atoms with Crippen LogP contribution in [0.25, 0.3) is 0 Å². The lowest BCUT2D eigenvalue weighted by Gasteiger charge is -2.21. The Morgan fingerprint density at radius 1 is 1.45 bits per heavy atom. The normalized spacial score (nSPS) is 30.3. The van der Waals surface area contributed by atoms with Gasteiger partial charge >= 0.3 is 0 Å². The molecule has 1 rings (SSSR count). The van der Waals surface area contributed by atoms with Crippen molar-refractivity contribution in [2.24, 2.45) is 0 Å². The van der Waals surface area contributed by atoms with Crippen LogP contribution < -0.4 is 5.32 Å². The molecule has 11 heavy (non-hydrogen) atoms. The molecule has 0 aromatic heterocycles. The molecule has 1 heterocycles. The van der Waals surface area contributed by atoms with Crippen molar-refractivity contribution >= 4 is 0 Å². The topological polar surface area (TPSA) is 72.7 Å². The second-order valence-corrected chi connectivity index (χ2v) is 2.94. The van der Waals surface area contributed by atoms with Gasteiger partial charge in [-0.15, -0.1) is 0 Å². The van der Waals surface area contributed by atoms with Crippen LogP contribution in [0.2, 0.25) is 0 Å². The van der Waals surface area contributed by atoms with Crippen molar-refractivity contribution in [2.45, 2.75) is 31.1 Å². The van der Waals surface area contributed by atoms with Gasteiger partial charge in [0.15, 0.2) is 0 Å². The number of aliphatic hydroxyl groups is 3. The van der Waals surface area contributed by atoms with Crippen molar-refractivity contribution in [3.05, 3.63) is 0 Å². The zero-order valence-corrected chi connectivity index (χ0v) is 6.40. The van der Waals surface area contributed by atoms with E-state index in [-0.39, 0.29) is 12.6 Å². The molecule has 0 aromatic carbocycles. The first-order chi connectivity index (χ1) is 5.25. The monoisotopic (exact) mass is 161 g/mol. The molecule has 0 bridgehead atoms. The summed E-state index contributed by atoms with van der Waals surface area (Å²) < 4.78 is 0. The summed E-state index contributed by atoms with van der Waals surface area (Å²) in [5.74, 6) is 0. The van der Waals surface area contributed by atoms with Gasteiger partial charge in [0.25, 0.3) is 0 Å². The molecule has 0 aliphatic carbocycles. The minimum Gasteiger partial charge on any atom is -0.394 e. The van der Waals surface area contributed by atoms with Gasteiger partial charge in [-0.2, -0.15) is 0 Å². The van der Waals surface area contributed by atoms with Gasteiger partial charge < -0.3 is 20.6 Å². The van der Waals surface area contributed by atoms with Crippen molar-refractivity contribution in [1.82, 2.24) is 5.32 Å². The maximum absolute atomic E-state index is 9.34. The molecule has 1 aliphatic rings. The Morgan fingerprint density at radius 3 is 2.64 bits per heavy atom. The maximum atomic E-state index is 9.34. The van der Waals surface area contributed by atoms with Crippen LogP contribution in [0, 0.1) is 0 Å². The second-order valence-electron chi connectivity index (χ2n) is 2.94. The fourth-order valence-electron chi connectivity index (χ4n) is 1.38. The van der Waals surface area contributed by atoms with Crippen molar-refractivity contribution in [2.75, 3.05) is 13.2 Å². The van der Waals surface area contributed by atoms with Crippen LogP contribution in [0.1, 0.15) is 12.8 Å². The lowest BCUT2D eigenvalue weighted by molar-refractivity contribution is -0.0288. The molecule has 4 nitrogen and oxygen atoms in total. The fraction of sp³-hybridized carbons (Fsp3) is 1.00. The second kappa shape index (κ2) is 4.01. The highest BCUT2D eigenvalue weighted by molar-refractivity contribution is 4.85. The van der Waals surface area contributed by atoms with E-state index in [2.05, 4.69) is 5.32 Å². The average molecular weight is 161 g/mol. The summed E-state index contributed by atoms with van der Waals surface area (Å²) in [6.07, 6.45) is 0.0612. The van der Waals surface area contributed by atoms with Crippen molar-refractivity contribution in [1.29, 1.82) is 0 Å². The van der Waals surface area contributed by atoms with Gasteiger partial charge in [-0.1, -0.05) is 0 Å². The fourth-order valence-corrected chi connectivity index (χ4v) is 1.38. The summed E-state index contributed by atoms with van der Waals surface area (Å²) in [7, 11) is 0. The number of rotatable bonds is 3. The Kier molecular flexibility index (Phi) is 3.26. The van der Waals surface area contributed by atoms with Crippen LogP contribution in [-0.4, -0.2) is 46.7 Å². The molecular formula is C7H15NO3. The van der Waals surface area contributed by atoms with Crippen LogP contribution in [-0.2, 0) is 0 Å². The Balaban J connectivity index is 2.32. The predicted octanol–water partition coefficient (Wildman–Crippen LogP) is -1.55. The van der Waals surface area contributed by atoms with E-state index in [1.807, 2.05) is 0 Å². The molecule has 66 valence electrons. The SMILES string of the molecule is OCC(O)C(O)C1CCCN1. The Morgan fingerprint density at radius 2 is 2.18 bits per heavy atom. The van der Waals surface area contributed by atoms with Gasteiger partial charge in [0.2, 0.25) is 0 Å². The molecule has 0 saturated carbocycles. The largest absolute Gasteiger partial charge is 0.394 e. The standard InChI is InChI=1S/C7H15NO3/c9-4-6(10)7(11)5-2-1-3-8-5/h5-11H,1-4H2. The van der Waals surface area contributed by atoms with Crippen LogP contribution in [0.4, 0.5) is 0 Å². The highest BCUT2D eigenvalue weighted by Gasteiger charge is 2.27. The first kappa shape index (κ1) is 8.93. The summed E-state index contributed by atoms with van der Waals surface area (Å²) in [5, 5.41) is 30.0. The lowest BCUT2D eigenvalue weighted by atomic mass is 10.0. The van der Waals surface area contributed by atoms with Crippen molar-refractivity contribution < 1.29 is 15.3 Å². The molecule has 0 spiro atoms. The predicted molar refractivity (Wildman–Crippen MR) is 40.1 cm³/mol. The highest BCUT2D eigenvalue weighted by atomic mass is 16.4. The van der Waals surface area contributed by atoms with Gasteiger partial charge in [-0.05, 0) is 19.4 Å². The van der Waals surface area contributed by atoms with Gasteiger partial charge in [0.05, 0.1) is 12.7 Å². The minimum atomic E-state index is -1.01. The highest BCUT2D eigenvalue weighted by Crippen LogP contribution is 2.11. The number of nitrogens with one attached hydrogen (secondary N) is 1. The smallest absolute Gasteiger partial charge is 0.104 e. The summed E-state index contributed by atoms with van der Waals surface area (Å²) in [5.41, 5.74) is 0. The number of hydrogen-bond donors (Lipinski definition) is 4. The van der Waals surface area contributed by atoms with Gasteiger partial charge in [0, 0.05) is 6.04 Å². The summed E-state index contributed by atoms with van der Waals surface area (Å²) in [6, 6.07) is -0.0443. The molecule has 1 saturated heterocycles. The number of hydrogen-bond acceptors (Lipinski definition) is 4. The quantitative estimate of drug-likeness (QED) is 0.404. The van der Waals surface area contributed by atoms with E-state index in [1.165, 1.54) is 0 Å². The molecule has 1 aliphatic heterocycles. The van der Waals surface area contributed by atoms with E-state index in [9.17, 15) is 5.11 Å². The van der Waals surface area contributed by atoms with Gasteiger partial charge in [-0.25, -0.2) is 0 Å². The van der Waals surface area contributed by atoms with Crippen LogP contribution in [0.3, 0.4) is 0 Å². The molecule has 0 radical (unpaired) electrons. The number of aliphatic hydroxyl groups excluding tert-OH is 3. The zero-order valence-electron chi connectivity index (χ0n) is 6.40. The van der Waals surface area contributed by atoms with E-state index in [0.29, 0.717) is 0 Å². The Bertz CT molecular complexity index is 114. The third-order valence-electron chi connectivity index (χ3n) is 2.09. The summed E-state index contributed by atoms with van der Waals surface area (Å²) >= 11 is 0. The van der Waals surface area contributed by atoms with Gasteiger partial charge in [0.1, 0.15) is 6.10 Å². The van der Waals surface area contributed by atoms with E-state index >= 15 is 0 Å². The van der Waals surface area contributed by atoms with Crippen LogP contribution >= 0.6 is 0 Å². The van der Waals surface area contributed by atoms with Crippen molar-refractivity contribution in [3.63, 3.8) is 0 Å². The van der Waals surface area contributed by atoms with Crippen molar-refractivity contribution in [3.8, 4) is 0 Å². The average Bonchev–Trinajstić information content (AvgIpc) is 2.53. The molecule has 0 aromatic rings. The summed E-state index contributed by atoms with van der Waals surface area (Å²) in [4.78, 5) is 0.